The maximum absolute atomic E-state index is 11.8. The quantitative estimate of drug-likeness (QED) is 0.835. The molecule has 0 aliphatic carbocycles. The molecular formula is C15H24N4O2. The number of nitrogens with zero attached hydrogens (tertiary/aromatic N) is 3. The fraction of sp³-hybridized carbons (Fsp3) is 0.667. The molecule has 0 amide bonds. The highest BCUT2D eigenvalue weighted by molar-refractivity contribution is 5.33. The topological polar surface area (TPSA) is 63.7 Å². The Morgan fingerprint density at radius 1 is 1.19 bits per heavy atom. The summed E-state index contributed by atoms with van der Waals surface area (Å²) in [5, 5.41) is 0. The van der Waals surface area contributed by atoms with Crippen LogP contribution in [0.25, 0.3) is 0 Å². The van der Waals surface area contributed by atoms with Crippen molar-refractivity contribution < 1.29 is 4.74 Å². The molecule has 2 aliphatic rings. The largest absolute Gasteiger partial charge is 0.398 e. The van der Waals surface area contributed by atoms with Crippen LogP contribution in [-0.4, -0.2) is 66.3 Å². The number of anilines is 1. The van der Waals surface area contributed by atoms with Gasteiger partial charge in [0.05, 0.1) is 13.2 Å². The van der Waals surface area contributed by atoms with Gasteiger partial charge in [0.2, 0.25) is 0 Å². The number of pyridine rings is 1. The van der Waals surface area contributed by atoms with E-state index >= 15 is 0 Å². The van der Waals surface area contributed by atoms with E-state index in [9.17, 15) is 4.79 Å². The molecule has 0 saturated carbocycles. The molecule has 1 unspecified atom stereocenters. The predicted octanol–water partition coefficient (Wildman–Crippen LogP) is -0.163. The van der Waals surface area contributed by atoms with Crippen LogP contribution in [-0.2, 0) is 11.3 Å². The lowest BCUT2D eigenvalue weighted by Crippen LogP contribution is -2.44. The average Bonchev–Trinajstić information content (AvgIpc) is 2.98. The molecule has 116 valence electrons. The summed E-state index contributed by atoms with van der Waals surface area (Å²) in [6, 6.07) is 3.84. The highest BCUT2D eigenvalue weighted by Crippen LogP contribution is 2.16. The third-order valence-electron chi connectivity index (χ3n) is 4.47. The highest BCUT2D eigenvalue weighted by Gasteiger charge is 2.28. The van der Waals surface area contributed by atoms with Gasteiger partial charge < -0.3 is 15.0 Å². The lowest BCUT2D eigenvalue weighted by Gasteiger charge is -2.32. The standard InChI is InChI=1S/C15H24N4O2/c16-13-1-2-15(20)19(11-13)6-5-17-4-3-14(12-17)18-7-9-21-10-8-18/h1-2,11,14H,3-10,12,16H2. The fourth-order valence-corrected chi connectivity index (χ4v) is 3.23. The summed E-state index contributed by atoms with van der Waals surface area (Å²) in [7, 11) is 0. The first kappa shape index (κ1) is 14.6. The number of nitrogen functional groups attached to an aromatic ring is 1. The van der Waals surface area contributed by atoms with Gasteiger partial charge in [0.25, 0.3) is 5.56 Å². The van der Waals surface area contributed by atoms with Crippen LogP contribution in [0, 0.1) is 0 Å². The van der Waals surface area contributed by atoms with Crippen LogP contribution in [0.5, 0.6) is 0 Å². The Bertz CT molecular complexity index is 525. The molecule has 0 spiro atoms. The number of nitrogens with two attached hydrogens (primary N) is 1. The van der Waals surface area contributed by atoms with Crippen molar-refractivity contribution in [3.8, 4) is 0 Å². The monoisotopic (exact) mass is 292 g/mol. The van der Waals surface area contributed by atoms with E-state index in [1.54, 1.807) is 16.8 Å². The Hall–Kier alpha value is -1.37. The van der Waals surface area contributed by atoms with E-state index in [0.717, 1.165) is 45.9 Å². The number of likely N-dealkylation sites (tertiary alicyclic amines) is 1. The van der Waals surface area contributed by atoms with E-state index in [4.69, 9.17) is 10.5 Å². The van der Waals surface area contributed by atoms with Gasteiger partial charge >= 0.3 is 0 Å². The Balaban J connectivity index is 1.50. The third-order valence-corrected chi connectivity index (χ3v) is 4.47. The van der Waals surface area contributed by atoms with E-state index in [2.05, 4.69) is 9.80 Å². The van der Waals surface area contributed by atoms with E-state index in [1.807, 2.05) is 0 Å². The van der Waals surface area contributed by atoms with Gasteiger partial charge in [0.1, 0.15) is 0 Å². The minimum absolute atomic E-state index is 0.0214. The van der Waals surface area contributed by atoms with Crippen LogP contribution in [0.1, 0.15) is 6.42 Å². The molecule has 6 nitrogen and oxygen atoms in total. The van der Waals surface area contributed by atoms with Gasteiger partial charge in [-0.15, -0.1) is 0 Å². The minimum Gasteiger partial charge on any atom is -0.398 e. The fourth-order valence-electron chi connectivity index (χ4n) is 3.23. The molecule has 0 radical (unpaired) electrons. The zero-order valence-corrected chi connectivity index (χ0v) is 12.4. The molecule has 0 aromatic carbocycles. The Morgan fingerprint density at radius 2 is 2.00 bits per heavy atom. The summed E-state index contributed by atoms with van der Waals surface area (Å²) < 4.78 is 7.12. The lowest BCUT2D eigenvalue weighted by atomic mass is 10.2. The lowest BCUT2D eigenvalue weighted by molar-refractivity contribution is 0.0184. The number of ether oxygens (including phenoxy) is 1. The first-order valence-electron chi connectivity index (χ1n) is 7.72. The molecule has 2 fully saturated rings. The third kappa shape index (κ3) is 3.64. The van der Waals surface area contributed by atoms with Gasteiger partial charge in [-0.1, -0.05) is 0 Å². The smallest absolute Gasteiger partial charge is 0.250 e. The molecule has 2 aliphatic heterocycles. The maximum Gasteiger partial charge on any atom is 0.250 e. The molecule has 2 N–H and O–H groups in total. The number of hydrogen-bond donors (Lipinski definition) is 1. The highest BCUT2D eigenvalue weighted by atomic mass is 16.5. The summed E-state index contributed by atoms with van der Waals surface area (Å²) >= 11 is 0. The summed E-state index contributed by atoms with van der Waals surface area (Å²) in [4.78, 5) is 16.7. The van der Waals surface area contributed by atoms with Gasteiger partial charge in [-0.25, -0.2) is 0 Å². The van der Waals surface area contributed by atoms with Gasteiger partial charge in [-0.2, -0.15) is 0 Å². The molecule has 2 saturated heterocycles. The zero-order chi connectivity index (χ0) is 14.7. The second-order valence-electron chi connectivity index (χ2n) is 5.89. The molecule has 1 aromatic rings. The van der Waals surface area contributed by atoms with Crippen LogP contribution in [0.15, 0.2) is 23.1 Å². The minimum atomic E-state index is 0.0214. The van der Waals surface area contributed by atoms with E-state index in [1.165, 1.54) is 12.5 Å². The van der Waals surface area contributed by atoms with Gasteiger partial charge in [-0.3, -0.25) is 14.6 Å². The van der Waals surface area contributed by atoms with Gasteiger partial charge in [-0.05, 0) is 19.0 Å². The van der Waals surface area contributed by atoms with Crippen LogP contribution in [0.3, 0.4) is 0 Å². The predicted molar refractivity (Wildman–Crippen MR) is 82.4 cm³/mol. The summed E-state index contributed by atoms with van der Waals surface area (Å²) in [5.41, 5.74) is 6.40. The molecule has 1 atom stereocenters. The second kappa shape index (κ2) is 6.60. The van der Waals surface area contributed by atoms with Crippen LogP contribution < -0.4 is 11.3 Å². The normalized spacial score (nSPS) is 24.5. The van der Waals surface area contributed by atoms with Gasteiger partial charge in [0, 0.05) is 56.7 Å². The maximum atomic E-state index is 11.8. The number of rotatable bonds is 4. The van der Waals surface area contributed by atoms with Crippen molar-refractivity contribution in [2.24, 2.45) is 0 Å². The van der Waals surface area contributed by atoms with E-state index in [-0.39, 0.29) is 5.56 Å². The second-order valence-corrected chi connectivity index (χ2v) is 5.89. The Labute approximate surface area is 125 Å². The van der Waals surface area contributed by atoms with Crippen molar-refractivity contribution >= 4 is 5.69 Å². The molecule has 6 heteroatoms. The van der Waals surface area contributed by atoms with Crippen LogP contribution >= 0.6 is 0 Å². The van der Waals surface area contributed by atoms with Crippen molar-refractivity contribution in [3.63, 3.8) is 0 Å². The average molecular weight is 292 g/mol. The molecule has 3 rings (SSSR count). The van der Waals surface area contributed by atoms with Gasteiger partial charge in [0.15, 0.2) is 0 Å². The van der Waals surface area contributed by atoms with Crippen molar-refractivity contribution in [3.05, 3.63) is 28.7 Å². The summed E-state index contributed by atoms with van der Waals surface area (Å²) in [5.74, 6) is 0. The first-order chi connectivity index (χ1) is 10.2. The van der Waals surface area contributed by atoms with Crippen LogP contribution in [0.2, 0.25) is 0 Å². The molecular weight excluding hydrogens is 268 g/mol. The number of morpholine rings is 1. The van der Waals surface area contributed by atoms with Crippen molar-refractivity contribution in [1.82, 2.24) is 14.4 Å². The number of aromatic nitrogens is 1. The van der Waals surface area contributed by atoms with Crippen LogP contribution in [0.4, 0.5) is 5.69 Å². The van der Waals surface area contributed by atoms with E-state index in [0.29, 0.717) is 18.3 Å². The molecule has 1 aromatic heterocycles. The van der Waals surface area contributed by atoms with Crippen molar-refractivity contribution in [1.29, 1.82) is 0 Å². The zero-order valence-electron chi connectivity index (χ0n) is 12.4. The van der Waals surface area contributed by atoms with Crippen molar-refractivity contribution in [2.45, 2.75) is 19.0 Å². The molecule has 21 heavy (non-hydrogen) atoms. The Morgan fingerprint density at radius 3 is 2.81 bits per heavy atom. The first-order valence-corrected chi connectivity index (χ1v) is 7.72. The summed E-state index contributed by atoms with van der Waals surface area (Å²) in [6.45, 7) is 7.63. The Kier molecular flexibility index (Phi) is 4.57. The summed E-state index contributed by atoms with van der Waals surface area (Å²) in [6.07, 6.45) is 2.95. The molecule has 0 bridgehead atoms. The molecule has 3 heterocycles. The SMILES string of the molecule is Nc1ccc(=O)n(CCN2CCC(N3CCOCC3)C2)c1. The number of hydrogen-bond acceptors (Lipinski definition) is 5. The van der Waals surface area contributed by atoms with Crippen molar-refractivity contribution in [2.75, 3.05) is 51.7 Å². The van der Waals surface area contributed by atoms with E-state index < -0.39 is 0 Å².